The predicted octanol–water partition coefficient (Wildman–Crippen LogP) is 2.95. The van der Waals surface area contributed by atoms with Crippen LogP contribution in [0.2, 0.25) is 5.02 Å². The van der Waals surface area contributed by atoms with E-state index in [0.717, 1.165) is 5.56 Å². The van der Waals surface area contributed by atoms with Crippen molar-refractivity contribution in [2.75, 3.05) is 32.9 Å². The van der Waals surface area contributed by atoms with Crippen LogP contribution in [0.25, 0.3) is 0 Å². The van der Waals surface area contributed by atoms with Gasteiger partial charge in [0.15, 0.2) is 6.61 Å². The molecule has 1 aliphatic rings. The van der Waals surface area contributed by atoms with Crippen LogP contribution in [0.5, 0.6) is 0 Å². The third-order valence-corrected chi connectivity index (χ3v) is 7.60. The molecule has 2 aromatic rings. The van der Waals surface area contributed by atoms with Crippen LogP contribution < -0.4 is 0 Å². The fourth-order valence-corrected chi connectivity index (χ4v) is 5.29. The van der Waals surface area contributed by atoms with Crippen LogP contribution >= 0.6 is 11.6 Å². The first-order valence-corrected chi connectivity index (χ1v) is 12.4. The number of rotatable bonds is 8. The molecule has 0 unspecified atom stereocenters. The van der Waals surface area contributed by atoms with Gasteiger partial charge in [-0.2, -0.15) is 4.31 Å². The van der Waals surface area contributed by atoms with E-state index in [2.05, 4.69) is 0 Å². The van der Waals surface area contributed by atoms with Crippen LogP contribution in [0.1, 0.15) is 29.8 Å². The highest BCUT2D eigenvalue weighted by Gasteiger charge is 2.29. The van der Waals surface area contributed by atoms with E-state index < -0.39 is 22.6 Å². The van der Waals surface area contributed by atoms with Crippen molar-refractivity contribution < 1.29 is 27.5 Å². The molecule has 1 amide bonds. The molecule has 0 spiro atoms. The number of benzene rings is 2. The zero-order valence-corrected chi connectivity index (χ0v) is 20.1. The number of hydrogen-bond donors (Lipinski definition) is 0. The van der Waals surface area contributed by atoms with Crippen molar-refractivity contribution in [3.63, 3.8) is 0 Å². The first-order valence-electron chi connectivity index (χ1n) is 10.6. The van der Waals surface area contributed by atoms with E-state index in [1.54, 1.807) is 4.90 Å². The molecule has 0 radical (unpaired) electrons. The first-order chi connectivity index (χ1) is 15.7. The van der Waals surface area contributed by atoms with Crippen LogP contribution in [0, 0.1) is 0 Å². The third kappa shape index (κ3) is 6.32. The number of nitrogens with zero attached hydrogens (tertiary/aromatic N) is 2. The largest absolute Gasteiger partial charge is 0.452 e. The average Bonchev–Trinajstić information content (AvgIpc) is 2.82. The molecular formula is C23H27ClN2O6S. The highest BCUT2D eigenvalue weighted by molar-refractivity contribution is 7.89. The van der Waals surface area contributed by atoms with Crippen molar-refractivity contribution in [2.24, 2.45) is 0 Å². The molecule has 0 atom stereocenters. The average molecular weight is 495 g/mol. The smallest absolute Gasteiger partial charge is 0.338 e. The molecule has 8 nitrogen and oxygen atoms in total. The van der Waals surface area contributed by atoms with Crippen LogP contribution in [0.4, 0.5) is 0 Å². The lowest BCUT2D eigenvalue weighted by Gasteiger charge is -2.27. The van der Waals surface area contributed by atoms with E-state index in [9.17, 15) is 18.0 Å². The number of morpholine rings is 1. The van der Waals surface area contributed by atoms with Crippen molar-refractivity contribution in [3.05, 3.63) is 64.7 Å². The highest BCUT2D eigenvalue weighted by atomic mass is 35.5. The lowest BCUT2D eigenvalue weighted by Crippen LogP contribution is -2.40. The summed E-state index contributed by atoms with van der Waals surface area (Å²) in [5.74, 6) is -1.15. The standard InChI is InChI=1S/C23H27ClN2O6S/c1-17(2)26(15-18-6-4-3-5-7-18)22(27)16-32-23(28)19-8-9-20(24)21(14-19)33(29,30)25-10-12-31-13-11-25/h3-9,14,17H,10-13,15-16H2,1-2H3. The van der Waals surface area contributed by atoms with Gasteiger partial charge in [-0.1, -0.05) is 41.9 Å². The molecule has 33 heavy (non-hydrogen) atoms. The second-order valence-corrected chi connectivity index (χ2v) is 10.2. The lowest BCUT2D eigenvalue weighted by atomic mass is 10.2. The number of esters is 1. The molecule has 1 aliphatic heterocycles. The summed E-state index contributed by atoms with van der Waals surface area (Å²) in [7, 11) is -3.90. The summed E-state index contributed by atoms with van der Waals surface area (Å²) in [5, 5.41) is 0.00274. The van der Waals surface area contributed by atoms with E-state index in [1.807, 2.05) is 44.2 Å². The lowest BCUT2D eigenvalue weighted by molar-refractivity contribution is -0.136. The minimum atomic E-state index is -3.90. The van der Waals surface area contributed by atoms with E-state index in [-0.39, 0.29) is 53.7 Å². The van der Waals surface area contributed by atoms with Gasteiger partial charge in [0.2, 0.25) is 10.0 Å². The molecule has 0 bridgehead atoms. The van der Waals surface area contributed by atoms with Gasteiger partial charge in [-0.15, -0.1) is 0 Å². The predicted molar refractivity (Wildman–Crippen MR) is 123 cm³/mol. The molecule has 0 N–H and O–H groups in total. The Morgan fingerprint density at radius 2 is 1.79 bits per heavy atom. The minimum Gasteiger partial charge on any atom is -0.452 e. The Bertz CT molecular complexity index is 1090. The molecule has 1 heterocycles. The van der Waals surface area contributed by atoms with Gasteiger partial charge in [0, 0.05) is 25.7 Å². The van der Waals surface area contributed by atoms with Crippen molar-refractivity contribution in [1.82, 2.24) is 9.21 Å². The van der Waals surface area contributed by atoms with Gasteiger partial charge >= 0.3 is 5.97 Å². The summed E-state index contributed by atoms with van der Waals surface area (Å²) in [4.78, 5) is 26.8. The van der Waals surface area contributed by atoms with Crippen molar-refractivity contribution in [2.45, 2.75) is 31.3 Å². The summed E-state index contributed by atoms with van der Waals surface area (Å²) >= 11 is 6.14. The molecular weight excluding hydrogens is 468 g/mol. The summed E-state index contributed by atoms with van der Waals surface area (Å²) in [6.07, 6.45) is 0. The van der Waals surface area contributed by atoms with Gasteiger partial charge in [0.25, 0.3) is 5.91 Å². The van der Waals surface area contributed by atoms with Gasteiger partial charge in [-0.3, -0.25) is 4.79 Å². The first kappa shape index (κ1) is 25.2. The second kappa shape index (κ2) is 11.1. The Hall–Kier alpha value is -2.46. The fourth-order valence-electron chi connectivity index (χ4n) is 3.39. The maximum atomic E-state index is 13.0. The summed E-state index contributed by atoms with van der Waals surface area (Å²) in [6.45, 7) is 4.67. The number of halogens is 1. The van der Waals surface area contributed by atoms with Crippen molar-refractivity contribution in [1.29, 1.82) is 0 Å². The zero-order chi connectivity index (χ0) is 24.0. The van der Waals surface area contributed by atoms with E-state index >= 15 is 0 Å². The Morgan fingerprint density at radius 3 is 2.42 bits per heavy atom. The minimum absolute atomic E-state index is 0.00168. The van der Waals surface area contributed by atoms with Crippen LogP contribution in [0.3, 0.4) is 0 Å². The number of hydrogen-bond acceptors (Lipinski definition) is 6. The van der Waals surface area contributed by atoms with Crippen LogP contribution in [-0.4, -0.2) is 68.5 Å². The molecule has 178 valence electrons. The highest BCUT2D eigenvalue weighted by Crippen LogP contribution is 2.27. The van der Waals surface area contributed by atoms with Gasteiger partial charge in [-0.05, 0) is 37.6 Å². The SMILES string of the molecule is CC(C)N(Cc1ccccc1)C(=O)COC(=O)c1ccc(Cl)c(S(=O)(=O)N2CCOCC2)c1. The Balaban J connectivity index is 1.69. The van der Waals surface area contributed by atoms with Gasteiger partial charge in [0.05, 0.1) is 23.8 Å². The van der Waals surface area contributed by atoms with Gasteiger partial charge in [0.1, 0.15) is 4.90 Å². The Labute approximate surface area is 199 Å². The van der Waals surface area contributed by atoms with Crippen LogP contribution in [-0.2, 0) is 30.8 Å². The number of ether oxygens (including phenoxy) is 2. The molecule has 0 aromatic heterocycles. The molecule has 10 heteroatoms. The molecule has 1 fully saturated rings. The topological polar surface area (TPSA) is 93.2 Å². The summed E-state index contributed by atoms with van der Waals surface area (Å²) in [6, 6.07) is 13.3. The monoisotopic (exact) mass is 494 g/mol. The van der Waals surface area contributed by atoms with Crippen molar-refractivity contribution in [3.8, 4) is 0 Å². The van der Waals surface area contributed by atoms with Crippen molar-refractivity contribution >= 4 is 33.5 Å². The van der Waals surface area contributed by atoms with Gasteiger partial charge in [-0.25, -0.2) is 13.2 Å². The number of sulfonamides is 1. The Kier molecular flexibility index (Phi) is 8.47. The van der Waals surface area contributed by atoms with Crippen LogP contribution in [0.15, 0.2) is 53.4 Å². The van der Waals surface area contributed by atoms with E-state index in [4.69, 9.17) is 21.1 Å². The Morgan fingerprint density at radius 1 is 1.12 bits per heavy atom. The van der Waals surface area contributed by atoms with E-state index in [1.165, 1.54) is 22.5 Å². The second-order valence-electron chi connectivity index (χ2n) is 7.84. The molecule has 3 rings (SSSR count). The zero-order valence-electron chi connectivity index (χ0n) is 18.6. The van der Waals surface area contributed by atoms with E-state index in [0.29, 0.717) is 6.54 Å². The maximum Gasteiger partial charge on any atom is 0.338 e. The fraction of sp³-hybridized carbons (Fsp3) is 0.391. The summed E-state index contributed by atoms with van der Waals surface area (Å²) in [5.41, 5.74) is 0.958. The molecule has 1 saturated heterocycles. The molecule has 0 aliphatic carbocycles. The summed E-state index contributed by atoms with van der Waals surface area (Å²) < 4.78 is 37.6. The third-order valence-electron chi connectivity index (χ3n) is 5.22. The molecule has 0 saturated carbocycles. The molecule has 2 aromatic carbocycles. The normalized spacial score (nSPS) is 14.8. The van der Waals surface area contributed by atoms with Gasteiger partial charge < -0.3 is 14.4 Å². The quantitative estimate of drug-likeness (QED) is 0.524. The number of carbonyl (C=O) groups is 2. The number of carbonyl (C=O) groups excluding carboxylic acids is 2. The maximum absolute atomic E-state index is 13.0. The number of amides is 1.